The molecular weight excluding hydrogens is 196 g/mol. The minimum absolute atomic E-state index is 0.0845. The summed E-state index contributed by atoms with van der Waals surface area (Å²) in [6.07, 6.45) is 3.78. The molecule has 0 spiro atoms. The zero-order chi connectivity index (χ0) is 12.0. The number of benzene rings is 1. The van der Waals surface area contributed by atoms with Crippen LogP contribution in [0, 0.1) is 0 Å². The topological polar surface area (TPSA) is 29.3 Å². The number of hydrogen-bond acceptors (Lipinski definition) is 2. The van der Waals surface area contributed by atoms with Crippen molar-refractivity contribution in [2.45, 2.75) is 13.0 Å². The summed E-state index contributed by atoms with van der Waals surface area (Å²) < 4.78 is 0. The van der Waals surface area contributed by atoms with Crippen molar-refractivity contribution >= 4 is 5.69 Å². The van der Waals surface area contributed by atoms with E-state index in [9.17, 15) is 0 Å². The lowest BCUT2D eigenvalue weighted by Gasteiger charge is -2.22. The lowest BCUT2D eigenvalue weighted by molar-refractivity contribution is 0.817. The fraction of sp³-hybridized carbons (Fsp3) is 0.286. The van der Waals surface area contributed by atoms with E-state index in [0.29, 0.717) is 0 Å². The molecule has 16 heavy (non-hydrogen) atoms. The van der Waals surface area contributed by atoms with Crippen LogP contribution < -0.4 is 10.6 Å². The predicted octanol–water partition coefficient (Wildman–Crippen LogP) is 2.88. The first-order valence-electron chi connectivity index (χ1n) is 5.51. The zero-order valence-corrected chi connectivity index (χ0v) is 9.89. The Labute approximate surface area is 98.1 Å². The van der Waals surface area contributed by atoms with Crippen LogP contribution in [0.4, 0.5) is 5.69 Å². The number of nitrogens with two attached hydrogens (primary N) is 1. The van der Waals surface area contributed by atoms with E-state index in [1.165, 1.54) is 5.69 Å². The minimum Gasteiger partial charge on any atom is -0.364 e. The highest BCUT2D eigenvalue weighted by molar-refractivity contribution is 5.49. The molecule has 0 saturated heterocycles. The van der Waals surface area contributed by atoms with Gasteiger partial charge >= 0.3 is 0 Å². The Balaban J connectivity index is 2.84. The van der Waals surface area contributed by atoms with Crippen LogP contribution in [0.1, 0.15) is 18.5 Å². The van der Waals surface area contributed by atoms with Gasteiger partial charge in [-0.05, 0) is 24.6 Å². The molecule has 1 rings (SSSR count). The van der Waals surface area contributed by atoms with E-state index in [1.807, 2.05) is 19.1 Å². The van der Waals surface area contributed by atoms with Gasteiger partial charge in [-0.25, -0.2) is 0 Å². The summed E-state index contributed by atoms with van der Waals surface area (Å²) in [5.74, 6) is 0. The second-order valence-corrected chi connectivity index (χ2v) is 3.86. The van der Waals surface area contributed by atoms with E-state index in [1.54, 1.807) is 0 Å². The van der Waals surface area contributed by atoms with Crippen LogP contribution in [0.25, 0.3) is 0 Å². The Hall–Kier alpha value is -1.54. The van der Waals surface area contributed by atoms with Crippen molar-refractivity contribution in [2.75, 3.05) is 18.0 Å². The molecule has 2 N–H and O–H groups in total. The van der Waals surface area contributed by atoms with E-state index < -0.39 is 0 Å². The molecule has 2 nitrogen and oxygen atoms in total. The van der Waals surface area contributed by atoms with E-state index in [0.717, 1.165) is 18.7 Å². The minimum atomic E-state index is 0.0845. The van der Waals surface area contributed by atoms with Crippen molar-refractivity contribution in [3.63, 3.8) is 0 Å². The van der Waals surface area contributed by atoms with Gasteiger partial charge in [0.05, 0.1) is 0 Å². The summed E-state index contributed by atoms with van der Waals surface area (Å²) in [5, 5.41) is 0. The number of anilines is 1. The molecule has 0 aliphatic heterocycles. The maximum Gasteiger partial charge on any atom is 0.0372 e. The van der Waals surface area contributed by atoms with Crippen molar-refractivity contribution in [2.24, 2.45) is 5.73 Å². The Kier molecular flexibility index (Phi) is 4.80. The molecule has 1 atom stereocenters. The standard InChI is InChI=1S/C14H20N2/c1-4-10-16(11-5-2)14-8-6-13(7-9-14)12(3)15/h4-9,12H,1-2,10-11,15H2,3H3. The van der Waals surface area contributed by atoms with Gasteiger partial charge in [-0.15, -0.1) is 13.2 Å². The smallest absolute Gasteiger partial charge is 0.0372 e. The predicted molar refractivity (Wildman–Crippen MR) is 71.7 cm³/mol. The lowest BCUT2D eigenvalue weighted by atomic mass is 10.1. The Morgan fingerprint density at radius 3 is 2.06 bits per heavy atom. The van der Waals surface area contributed by atoms with Gasteiger partial charge in [-0.3, -0.25) is 0 Å². The van der Waals surface area contributed by atoms with Crippen LogP contribution in [0.3, 0.4) is 0 Å². The van der Waals surface area contributed by atoms with Crippen molar-refractivity contribution in [1.82, 2.24) is 0 Å². The average Bonchev–Trinajstić information content (AvgIpc) is 2.29. The fourth-order valence-electron chi connectivity index (χ4n) is 1.59. The number of rotatable bonds is 6. The summed E-state index contributed by atoms with van der Waals surface area (Å²) in [5.41, 5.74) is 8.14. The molecule has 2 heteroatoms. The van der Waals surface area contributed by atoms with E-state index in [-0.39, 0.29) is 6.04 Å². The van der Waals surface area contributed by atoms with E-state index >= 15 is 0 Å². The Bertz CT molecular complexity index is 328. The molecular formula is C14H20N2. The Morgan fingerprint density at radius 2 is 1.69 bits per heavy atom. The molecule has 1 aromatic rings. The van der Waals surface area contributed by atoms with E-state index in [4.69, 9.17) is 5.73 Å². The lowest BCUT2D eigenvalue weighted by Crippen LogP contribution is -2.23. The van der Waals surface area contributed by atoms with Crippen molar-refractivity contribution in [3.8, 4) is 0 Å². The van der Waals surface area contributed by atoms with Gasteiger partial charge in [0.15, 0.2) is 0 Å². The molecule has 0 aliphatic carbocycles. The quantitative estimate of drug-likeness (QED) is 0.741. The van der Waals surface area contributed by atoms with Gasteiger partial charge in [0.1, 0.15) is 0 Å². The third kappa shape index (κ3) is 3.24. The van der Waals surface area contributed by atoms with Crippen LogP contribution in [0.5, 0.6) is 0 Å². The van der Waals surface area contributed by atoms with Crippen LogP contribution in [0.15, 0.2) is 49.6 Å². The highest BCUT2D eigenvalue weighted by Gasteiger charge is 2.04. The largest absolute Gasteiger partial charge is 0.364 e. The molecule has 0 radical (unpaired) electrons. The van der Waals surface area contributed by atoms with E-state index in [2.05, 4.69) is 42.3 Å². The van der Waals surface area contributed by atoms with Crippen LogP contribution in [0.2, 0.25) is 0 Å². The van der Waals surface area contributed by atoms with Gasteiger partial charge in [0, 0.05) is 24.8 Å². The molecule has 0 heterocycles. The zero-order valence-electron chi connectivity index (χ0n) is 9.89. The maximum absolute atomic E-state index is 5.81. The number of hydrogen-bond donors (Lipinski definition) is 1. The average molecular weight is 216 g/mol. The van der Waals surface area contributed by atoms with Gasteiger partial charge < -0.3 is 10.6 Å². The summed E-state index contributed by atoms with van der Waals surface area (Å²) >= 11 is 0. The van der Waals surface area contributed by atoms with Crippen LogP contribution in [-0.4, -0.2) is 13.1 Å². The van der Waals surface area contributed by atoms with Crippen molar-refractivity contribution < 1.29 is 0 Å². The third-order valence-electron chi connectivity index (χ3n) is 2.48. The first-order chi connectivity index (χ1) is 7.69. The third-order valence-corrected chi connectivity index (χ3v) is 2.48. The number of nitrogens with zero attached hydrogens (tertiary/aromatic N) is 1. The summed E-state index contributed by atoms with van der Waals surface area (Å²) in [4.78, 5) is 2.20. The molecule has 0 amide bonds. The van der Waals surface area contributed by atoms with Crippen molar-refractivity contribution in [3.05, 3.63) is 55.1 Å². The molecule has 0 aliphatic rings. The molecule has 86 valence electrons. The van der Waals surface area contributed by atoms with Crippen molar-refractivity contribution in [1.29, 1.82) is 0 Å². The summed E-state index contributed by atoms with van der Waals surface area (Å²) in [7, 11) is 0. The second-order valence-electron chi connectivity index (χ2n) is 3.86. The van der Waals surface area contributed by atoms with Gasteiger partial charge in [0.2, 0.25) is 0 Å². The summed E-state index contributed by atoms with van der Waals surface area (Å²) in [6, 6.07) is 8.40. The first-order valence-corrected chi connectivity index (χ1v) is 5.51. The molecule has 0 bridgehead atoms. The molecule has 0 aromatic heterocycles. The normalized spacial score (nSPS) is 11.9. The second kappa shape index (κ2) is 6.13. The molecule has 0 saturated carbocycles. The Morgan fingerprint density at radius 1 is 1.19 bits per heavy atom. The van der Waals surface area contributed by atoms with Gasteiger partial charge in [0.25, 0.3) is 0 Å². The monoisotopic (exact) mass is 216 g/mol. The first kappa shape index (κ1) is 12.5. The fourth-order valence-corrected chi connectivity index (χ4v) is 1.59. The molecule has 1 aromatic carbocycles. The van der Waals surface area contributed by atoms with Gasteiger partial charge in [-0.2, -0.15) is 0 Å². The van der Waals surface area contributed by atoms with Gasteiger partial charge in [-0.1, -0.05) is 24.3 Å². The summed E-state index contributed by atoms with van der Waals surface area (Å²) in [6.45, 7) is 11.1. The van der Waals surface area contributed by atoms with Crippen LogP contribution >= 0.6 is 0 Å². The molecule has 1 unspecified atom stereocenters. The highest BCUT2D eigenvalue weighted by atomic mass is 15.1. The molecule has 0 fully saturated rings. The van der Waals surface area contributed by atoms with Crippen LogP contribution in [-0.2, 0) is 0 Å². The highest BCUT2D eigenvalue weighted by Crippen LogP contribution is 2.18. The SMILES string of the molecule is C=CCN(CC=C)c1ccc(C(C)N)cc1. The maximum atomic E-state index is 5.81.